The summed E-state index contributed by atoms with van der Waals surface area (Å²) in [5.74, 6) is -0.569. The van der Waals surface area contributed by atoms with Crippen molar-refractivity contribution in [2.75, 3.05) is 6.54 Å². The Morgan fingerprint density at radius 2 is 1.94 bits per heavy atom. The molecule has 3 nitrogen and oxygen atoms in total. The fraction of sp³-hybridized carbons (Fsp3) is 0.533. The number of aliphatic carboxylic acids is 1. The van der Waals surface area contributed by atoms with Crippen LogP contribution in [0.2, 0.25) is 0 Å². The first-order chi connectivity index (χ1) is 8.41. The molecule has 0 aliphatic carbocycles. The molecule has 1 unspecified atom stereocenters. The van der Waals surface area contributed by atoms with Gasteiger partial charge in [-0.05, 0) is 55.5 Å². The van der Waals surface area contributed by atoms with Crippen molar-refractivity contribution in [2.45, 2.75) is 40.7 Å². The van der Waals surface area contributed by atoms with Crippen LogP contribution >= 0.6 is 0 Å². The number of carbonyl (C=O) groups is 1. The maximum atomic E-state index is 10.6. The van der Waals surface area contributed by atoms with E-state index in [1.807, 2.05) is 6.92 Å². The second-order valence-corrected chi connectivity index (χ2v) is 5.13. The Hall–Kier alpha value is -1.35. The zero-order valence-corrected chi connectivity index (χ0v) is 11.7. The minimum absolute atomic E-state index is 0.161. The molecule has 0 spiro atoms. The second kappa shape index (κ2) is 6.55. The molecule has 0 amide bonds. The van der Waals surface area contributed by atoms with Gasteiger partial charge < -0.3 is 10.4 Å². The highest BCUT2D eigenvalue weighted by molar-refractivity contribution is 5.66. The zero-order valence-electron chi connectivity index (χ0n) is 11.7. The lowest BCUT2D eigenvalue weighted by Gasteiger charge is -2.14. The van der Waals surface area contributed by atoms with Gasteiger partial charge in [0.1, 0.15) is 0 Å². The van der Waals surface area contributed by atoms with Crippen molar-refractivity contribution in [1.29, 1.82) is 0 Å². The molecular formula is C15H23NO2. The van der Waals surface area contributed by atoms with Crippen LogP contribution in [0.15, 0.2) is 12.1 Å². The van der Waals surface area contributed by atoms with Crippen LogP contribution in [0.3, 0.4) is 0 Å². The Morgan fingerprint density at radius 3 is 2.56 bits per heavy atom. The summed E-state index contributed by atoms with van der Waals surface area (Å²) in [6.45, 7) is 9.89. The molecule has 18 heavy (non-hydrogen) atoms. The summed E-state index contributed by atoms with van der Waals surface area (Å²) in [5, 5.41) is 12.0. The molecule has 100 valence electrons. The number of hydrogen-bond donors (Lipinski definition) is 2. The van der Waals surface area contributed by atoms with E-state index in [2.05, 4.69) is 38.2 Å². The molecule has 0 saturated heterocycles. The van der Waals surface area contributed by atoms with Gasteiger partial charge in [-0.3, -0.25) is 4.79 Å². The molecular weight excluding hydrogens is 226 g/mol. The van der Waals surface area contributed by atoms with Gasteiger partial charge in [0, 0.05) is 13.0 Å². The Morgan fingerprint density at radius 1 is 1.28 bits per heavy atom. The first-order valence-electron chi connectivity index (χ1n) is 6.40. The van der Waals surface area contributed by atoms with Crippen molar-refractivity contribution in [3.8, 4) is 0 Å². The normalized spacial score (nSPS) is 12.4. The van der Waals surface area contributed by atoms with Crippen LogP contribution in [0.1, 0.15) is 35.6 Å². The number of hydrogen-bond acceptors (Lipinski definition) is 2. The van der Waals surface area contributed by atoms with Crippen LogP contribution in [0.25, 0.3) is 0 Å². The van der Waals surface area contributed by atoms with Gasteiger partial charge in [0.15, 0.2) is 0 Å². The highest BCUT2D eigenvalue weighted by Crippen LogP contribution is 2.16. The number of rotatable bonds is 6. The predicted molar refractivity (Wildman–Crippen MR) is 73.8 cm³/mol. The first-order valence-corrected chi connectivity index (χ1v) is 6.40. The number of aryl methyl sites for hydroxylation is 1. The summed E-state index contributed by atoms with van der Waals surface area (Å²) in [6, 6.07) is 4.28. The molecule has 0 aliphatic heterocycles. The summed E-state index contributed by atoms with van der Waals surface area (Å²) < 4.78 is 0. The van der Waals surface area contributed by atoms with Crippen LogP contribution in [-0.4, -0.2) is 17.6 Å². The SMILES string of the molecule is Cc1ccc(CNCC(C)CC(=O)O)c(C)c1C. The lowest BCUT2D eigenvalue weighted by Crippen LogP contribution is -2.23. The van der Waals surface area contributed by atoms with Crippen molar-refractivity contribution in [3.63, 3.8) is 0 Å². The summed E-state index contributed by atoms with van der Waals surface area (Å²) in [7, 11) is 0. The van der Waals surface area contributed by atoms with Gasteiger partial charge in [-0.1, -0.05) is 19.1 Å². The van der Waals surface area contributed by atoms with Gasteiger partial charge in [0.25, 0.3) is 0 Å². The highest BCUT2D eigenvalue weighted by Gasteiger charge is 2.08. The zero-order chi connectivity index (χ0) is 13.7. The molecule has 1 atom stereocenters. The Balaban J connectivity index is 2.49. The summed E-state index contributed by atoms with van der Waals surface area (Å²) in [5.41, 5.74) is 5.28. The van der Waals surface area contributed by atoms with Gasteiger partial charge in [-0.25, -0.2) is 0 Å². The Bertz CT molecular complexity index is 427. The van der Waals surface area contributed by atoms with Crippen molar-refractivity contribution in [3.05, 3.63) is 34.4 Å². The van der Waals surface area contributed by atoms with E-state index >= 15 is 0 Å². The van der Waals surface area contributed by atoms with E-state index in [1.54, 1.807) is 0 Å². The van der Waals surface area contributed by atoms with Crippen LogP contribution in [-0.2, 0) is 11.3 Å². The van der Waals surface area contributed by atoms with Gasteiger partial charge in [0.05, 0.1) is 0 Å². The quantitative estimate of drug-likeness (QED) is 0.815. The van der Waals surface area contributed by atoms with Crippen molar-refractivity contribution < 1.29 is 9.90 Å². The standard InChI is InChI=1S/C15H23NO2/c1-10(7-15(17)18)8-16-9-14-6-5-11(2)12(3)13(14)4/h5-6,10,16H,7-9H2,1-4H3,(H,17,18). The highest BCUT2D eigenvalue weighted by atomic mass is 16.4. The summed E-state index contributed by atoms with van der Waals surface area (Å²) in [6.07, 6.45) is 0.221. The smallest absolute Gasteiger partial charge is 0.303 e. The fourth-order valence-corrected chi connectivity index (χ4v) is 2.03. The number of benzene rings is 1. The third-order valence-corrected chi connectivity index (χ3v) is 3.50. The molecule has 0 aromatic heterocycles. The molecule has 1 aromatic carbocycles. The third-order valence-electron chi connectivity index (χ3n) is 3.50. The van der Waals surface area contributed by atoms with E-state index in [-0.39, 0.29) is 12.3 Å². The molecule has 2 N–H and O–H groups in total. The van der Waals surface area contributed by atoms with Gasteiger partial charge in [0.2, 0.25) is 0 Å². The average Bonchev–Trinajstić information content (AvgIpc) is 2.28. The molecule has 1 aromatic rings. The predicted octanol–water partition coefficient (Wildman–Crippen LogP) is 2.81. The maximum absolute atomic E-state index is 10.6. The minimum Gasteiger partial charge on any atom is -0.481 e. The largest absolute Gasteiger partial charge is 0.481 e. The van der Waals surface area contributed by atoms with E-state index in [0.29, 0.717) is 0 Å². The maximum Gasteiger partial charge on any atom is 0.303 e. The van der Waals surface area contributed by atoms with Crippen molar-refractivity contribution >= 4 is 5.97 Å². The molecule has 0 radical (unpaired) electrons. The van der Waals surface area contributed by atoms with Crippen LogP contribution in [0.4, 0.5) is 0 Å². The monoisotopic (exact) mass is 249 g/mol. The molecule has 0 heterocycles. The Labute approximate surface area is 109 Å². The van der Waals surface area contributed by atoms with Crippen LogP contribution in [0.5, 0.6) is 0 Å². The van der Waals surface area contributed by atoms with Gasteiger partial charge >= 0.3 is 5.97 Å². The lowest BCUT2D eigenvalue weighted by atomic mass is 9.99. The number of nitrogens with one attached hydrogen (secondary N) is 1. The Kier molecular flexibility index (Phi) is 5.35. The van der Waals surface area contributed by atoms with Crippen LogP contribution < -0.4 is 5.32 Å². The molecule has 0 bridgehead atoms. The third kappa shape index (κ3) is 4.15. The second-order valence-electron chi connectivity index (χ2n) is 5.13. The summed E-state index contributed by atoms with van der Waals surface area (Å²) >= 11 is 0. The lowest BCUT2D eigenvalue weighted by molar-refractivity contribution is -0.137. The topological polar surface area (TPSA) is 49.3 Å². The molecule has 0 fully saturated rings. The minimum atomic E-state index is -0.730. The molecule has 3 heteroatoms. The molecule has 1 rings (SSSR count). The van der Waals surface area contributed by atoms with Gasteiger partial charge in [-0.15, -0.1) is 0 Å². The van der Waals surface area contributed by atoms with E-state index in [9.17, 15) is 4.79 Å². The first kappa shape index (κ1) is 14.7. The summed E-state index contributed by atoms with van der Waals surface area (Å²) in [4.78, 5) is 10.6. The fourth-order valence-electron chi connectivity index (χ4n) is 2.03. The van der Waals surface area contributed by atoms with Crippen molar-refractivity contribution in [2.24, 2.45) is 5.92 Å². The van der Waals surface area contributed by atoms with Gasteiger partial charge in [-0.2, -0.15) is 0 Å². The van der Waals surface area contributed by atoms with Crippen molar-refractivity contribution in [1.82, 2.24) is 5.32 Å². The van der Waals surface area contributed by atoms with E-state index in [1.165, 1.54) is 22.3 Å². The van der Waals surface area contributed by atoms with E-state index in [4.69, 9.17) is 5.11 Å². The average molecular weight is 249 g/mol. The molecule has 0 aliphatic rings. The number of carboxylic acid groups (broad SMARTS) is 1. The number of carboxylic acids is 1. The molecule has 0 saturated carbocycles. The van der Waals surface area contributed by atoms with Crippen LogP contribution in [0, 0.1) is 26.7 Å². The van der Waals surface area contributed by atoms with E-state index in [0.717, 1.165) is 13.1 Å². The van der Waals surface area contributed by atoms with E-state index < -0.39 is 5.97 Å².